The average Bonchev–Trinajstić information content (AvgIpc) is 3.19. The van der Waals surface area contributed by atoms with Gasteiger partial charge < -0.3 is 53.2 Å². The number of esters is 5. The molecule has 16 nitrogen and oxygen atoms in total. The Balaban J connectivity index is 1.85. The average molecular weight is 891 g/mol. The number of ether oxygens (including phenoxy) is 8. The monoisotopic (exact) mass is 890 g/mol. The fraction of sp³-hybridized carbons (Fsp3) is 0.723. The van der Waals surface area contributed by atoms with Crippen molar-refractivity contribution in [2.45, 2.75) is 186 Å². The lowest BCUT2D eigenvalue weighted by Crippen LogP contribution is -2.64. The molecule has 3 N–H and O–H groups in total. The predicted octanol–water partition coefficient (Wildman–Crippen LogP) is 5.04. The molecule has 16 heteroatoms. The summed E-state index contributed by atoms with van der Waals surface area (Å²) in [7, 11) is 2.51. The van der Waals surface area contributed by atoms with Gasteiger partial charge in [-0.05, 0) is 32.6 Å². The number of unbranched alkanes of at least 4 members (excludes halogenated alkanes) is 1. The summed E-state index contributed by atoms with van der Waals surface area (Å²) in [5.74, 6) is -6.50. The van der Waals surface area contributed by atoms with E-state index in [-0.39, 0.29) is 44.9 Å². The maximum atomic E-state index is 13.4. The van der Waals surface area contributed by atoms with Gasteiger partial charge in [0.2, 0.25) is 5.79 Å². The number of aliphatic hydroxyl groups is 3. The largest absolute Gasteiger partial charge is 0.469 e. The van der Waals surface area contributed by atoms with E-state index < -0.39 is 120 Å². The van der Waals surface area contributed by atoms with Gasteiger partial charge in [0.1, 0.15) is 12.2 Å². The van der Waals surface area contributed by atoms with Crippen LogP contribution in [-0.2, 0) is 61.9 Å². The van der Waals surface area contributed by atoms with E-state index >= 15 is 0 Å². The third kappa shape index (κ3) is 14.3. The number of hydrogen-bond donors (Lipinski definition) is 3. The van der Waals surface area contributed by atoms with Gasteiger partial charge >= 0.3 is 29.8 Å². The standard InChI is InChI=1S/C47H70O16/c1-10-11-12-13-14-15-40(51)62-44-31(22-42(53)57-9)21-36-25-37(28(2)48)61-43(54)24-32(50)23-35-27-38(58-29(3)49)46(6,7)39(60-35)26-34-19-30(20-41(52)56-8)18-33(59-34)16-17-45(4,5)47(44,55)63-36/h12-17,20,28,31-39,44,48,50,55H,10-11,18-19,21-27H2,1-9H3/t28-,31-,32+,33-,34-,35+,36+,37?,38-,39-,44-,47+/m0/s1. The molecule has 0 spiro atoms. The van der Waals surface area contributed by atoms with Gasteiger partial charge in [-0.1, -0.05) is 77.0 Å². The molecule has 4 aliphatic rings. The van der Waals surface area contributed by atoms with Crippen molar-refractivity contribution in [3.8, 4) is 0 Å². The van der Waals surface area contributed by atoms with Crippen LogP contribution >= 0.6 is 0 Å². The summed E-state index contributed by atoms with van der Waals surface area (Å²) in [4.78, 5) is 64.7. The van der Waals surface area contributed by atoms with E-state index in [0.717, 1.165) is 18.4 Å². The van der Waals surface area contributed by atoms with Crippen LogP contribution in [0.3, 0.4) is 0 Å². The molecule has 0 aromatic rings. The Morgan fingerprint density at radius 1 is 0.905 bits per heavy atom. The summed E-state index contributed by atoms with van der Waals surface area (Å²) >= 11 is 0. The van der Waals surface area contributed by atoms with Gasteiger partial charge in [0, 0.05) is 61.5 Å². The van der Waals surface area contributed by atoms with Crippen LogP contribution in [0, 0.1) is 16.7 Å². The molecule has 12 atom stereocenters. The molecule has 0 radical (unpaired) electrons. The van der Waals surface area contributed by atoms with E-state index in [1.54, 1.807) is 32.1 Å². The van der Waals surface area contributed by atoms with E-state index in [2.05, 4.69) is 0 Å². The topological polar surface area (TPSA) is 220 Å². The Hall–Kier alpha value is -3.93. The molecule has 0 aromatic heterocycles. The Morgan fingerprint density at radius 2 is 1.63 bits per heavy atom. The van der Waals surface area contributed by atoms with Gasteiger partial charge in [-0.3, -0.25) is 14.4 Å². The maximum Gasteiger partial charge on any atom is 0.331 e. The molecule has 4 aliphatic heterocycles. The van der Waals surface area contributed by atoms with Gasteiger partial charge in [0.15, 0.2) is 6.10 Å². The van der Waals surface area contributed by atoms with Crippen LogP contribution < -0.4 is 0 Å². The number of carbonyl (C=O) groups excluding carboxylic acids is 5. The second-order valence-corrected chi connectivity index (χ2v) is 18.5. The van der Waals surface area contributed by atoms with Gasteiger partial charge in [-0.2, -0.15) is 0 Å². The highest BCUT2D eigenvalue weighted by atomic mass is 16.7. The molecule has 0 saturated carbocycles. The van der Waals surface area contributed by atoms with Crippen molar-refractivity contribution < 1.29 is 77.2 Å². The Morgan fingerprint density at radius 3 is 2.29 bits per heavy atom. The Bertz CT molecular complexity index is 1710. The molecule has 6 bridgehead atoms. The zero-order chi connectivity index (χ0) is 46.7. The highest BCUT2D eigenvalue weighted by molar-refractivity contribution is 5.83. The number of cyclic esters (lactones) is 1. The first-order chi connectivity index (χ1) is 29.6. The molecule has 3 fully saturated rings. The number of hydrogen-bond acceptors (Lipinski definition) is 16. The van der Waals surface area contributed by atoms with Crippen LogP contribution in [0.15, 0.2) is 48.1 Å². The van der Waals surface area contributed by atoms with Crippen molar-refractivity contribution in [3.63, 3.8) is 0 Å². The third-order valence-corrected chi connectivity index (χ3v) is 12.6. The zero-order valence-electron chi connectivity index (χ0n) is 38.3. The first-order valence-corrected chi connectivity index (χ1v) is 22.1. The van der Waals surface area contributed by atoms with Crippen LogP contribution in [0.5, 0.6) is 0 Å². The van der Waals surface area contributed by atoms with Crippen molar-refractivity contribution in [1.29, 1.82) is 0 Å². The van der Waals surface area contributed by atoms with Gasteiger partial charge in [-0.25, -0.2) is 9.59 Å². The first kappa shape index (κ1) is 51.7. The number of carbonyl (C=O) groups is 5. The third-order valence-electron chi connectivity index (χ3n) is 12.6. The number of rotatable bonds is 10. The van der Waals surface area contributed by atoms with Crippen LogP contribution in [0.4, 0.5) is 0 Å². The SMILES string of the molecule is CCCC=CC=CC(=O)O[C@H]1[C@H](CC(=O)OC)C[C@@H]2CC([C@H](C)O)OC(=O)C[C@H](O)C[C@@H]3C[C@H](OC(C)=O)C(C)(C)[C@H](C[C@@H]4CC(=CC(=O)OC)C[C@H](C=CC(C)(C)[C@]1(O)O2)O4)O3. The van der Waals surface area contributed by atoms with Crippen LogP contribution in [0.2, 0.25) is 0 Å². The van der Waals surface area contributed by atoms with Gasteiger partial charge in [-0.15, -0.1) is 0 Å². The molecule has 0 aromatic carbocycles. The summed E-state index contributed by atoms with van der Waals surface area (Å²) in [6.45, 7) is 12.0. The van der Waals surface area contributed by atoms with E-state index in [4.69, 9.17) is 37.9 Å². The van der Waals surface area contributed by atoms with Crippen LogP contribution in [0.25, 0.3) is 0 Å². The number of aliphatic hydroxyl groups excluding tert-OH is 2. The zero-order valence-corrected chi connectivity index (χ0v) is 38.3. The Kier molecular flexibility index (Phi) is 18.7. The molecule has 0 aliphatic carbocycles. The van der Waals surface area contributed by atoms with Crippen LogP contribution in [-0.4, -0.2) is 126 Å². The lowest BCUT2D eigenvalue weighted by molar-refractivity contribution is -0.352. The molecule has 354 valence electrons. The van der Waals surface area contributed by atoms with Gasteiger partial charge in [0.05, 0.1) is 69.8 Å². The molecule has 63 heavy (non-hydrogen) atoms. The molecular formula is C47H70O16. The summed E-state index contributed by atoms with van der Waals surface area (Å²) in [6, 6.07) is 0. The number of allylic oxidation sites excluding steroid dienone is 3. The molecule has 4 heterocycles. The summed E-state index contributed by atoms with van der Waals surface area (Å²) in [5.41, 5.74) is -1.43. The quantitative estimate of drug-likeness (QED) is 0.0860. The van der Waals surface area contributed by atoms with Crippen molar-refractivity contribution in [2.75, 3.05) is 14.2 Å². The number of fused-ring (bicyclic) bond motifs is 6. The van der Waals surface area contributed by atoms with Gasteiger partial charge in [0.25, 0.3) is 0 Å². The lowest BCUT2D eigenvalue weighted by Gasteiger charge is -2.53. The highest BCUT2D eigenvalue weighted by Crippen LogP contribution is 2.49. The maximum absolute atomic E-state index is 13.4. The van der Waals surface area contributed by atoms with Crippen molar-refractivity contribution in [1.82, 2.24) is 0 Å². The van der Waals surface area contributed by atoms with Crippen molar-refractivity contribution >= 4 is 29.8 Å². The normalized spacial score (nSPS) is 35.0. The summed E-state index contributed by atoms with van der Waals surface area (Å²) in [5, 5.41) is 35.1. The van der Waals surface area contributed by atoms with E-state index in [0.29, 0.717) is 6.42 Å². The smallest absolute Gasteiger partial charge is 0.331 e. The minimum atomic E-state index is -2.35. The molecule has 3 saturated heterocycles. The molecule has 1 unspecified atom stereocenters. The first-order valence-electron chi connectivity index (χ1n) is 22.1. The van der Waals surface area contributed by atoms with Crippen molar-refractivity contribution in [2.24, 2.45) is 16.7 Å². The summed E-state index contributed by atoms with van der Waals surface area (Å²) < 4.78 is 47.5. The minimum absolute atomic E-state index is 0.00342. The highest BCUT2D eigenvalue weighted by Gasteiger charge is 2.59. The predicted molar refractivity (Wildman–Crippen MR) is 227 cm³/mol. The fourth-order valence-electron chi connectivity index (χ4n) is 8.92. The lowest BCUT2D eigenvalue weighted by atomic mass is 9.71. The van der Waals surface area contributed by atoms with Crippen molar-refractivity contribution in [3.05, 3.63) is 48.1 Å². The van der Waals surface area contributed by atoms with E-state index in [1.807, 2.05) is 26.8 Å². The minimum Gasteiger partial charge on any atom is -0.469 e. The second kappa shape index (κ2) is 22.8. The Labute approximate surface area is 371 Å². The second-order valence-electron chi connectivity index (χ2n) is 18.5. The van der Waals surface area contributed by atoms with E-state index in [1.165, 1.54) is 46.3 Å². The molecular weight excluding hydrogens is 821 g/mol. The number of methoxy groups -OCH3 is 2. The fourth-order valence-corrected chi connectivity index (χ4v) is 8.92. The molecule has 4 rings (SSSR count). The molecule has 0 amide bonds. The van der Waals surface area contributed by atoms with Crippen LogP contribution in [0.1, 0.15) is 119 Å². The summed E-state index contributed by atoms with van der Waals surface area (Å²) in [6.07, 6.45) is 4.07. The van der Waals surface area contributed by atoms with E-state index in [9.17, 15) is 39.3 Å².